The van der Waals surface area contributed by atoms with Crippen molar-refractivity contribution in [3.8, 4) is 0 Å². The Kier molecular flexibility index (Phi) is 5.63. The Morgan fingerprint density at radius 3 is 2.35 bits per heavy atom. The number of nitrogens with zero attached hydrogens (tertiary/aromatic N) is 1. The lowest BCUT2D eigenvalue weighted by molar-refractivity contribution is -0.138. The number of amides is 1. The van der Waals surface area contributed by atoms with E-state index in [0.29, 0.717) is 0 Å². The number of rotatable bonds is 4. The lowest BCUT2D eigenvalue weighted by Crippen LogP contribution is -2.46. The van der Waals surface area contributed by atoms with Crippen LogP contribution in [0.1, 0.15) is 38.8 Å². The number of nitrogens with two attached hydrogens (primary N) is 1. The molecule has 3 N–H and O–H groups in total. The summed E-state index contributed by atoms with van der Waals surface area (Å²) < 4.78 is 44.5. The first-order valence-electron chi connectivity index (χ1n) is 7.08. The Balaban J connectivity index is 3.01. The highest BCUT2D eigenvalue weighted by Crippen LogP contribution is 2.36. The molecule has 5 nitrogen and oxygen atoms in total. The average Bonchev–Trinajstić information content (AvgIpc) is 2.42. The van der Waals surface area contributed by atoms with Crippen LogP contribution in [0.4, 0.5) is 18.0 Å². The standard InChI is InChI=1S/C15H22F3N3O2/c1-13(2,3)23-12(22)21-9-14(4,8-19)11-7-20-6-5-10(11)15(16,17)18/h5-7H,8-9,19H2,1-4H3,(H,21,22). The van der Waals surface area contributed by atoms with E-state index in [1.807, 2.05) is 0 Å². The Hall–Kier alpha value is -1.83. The number of nitrogens with one attached hydrogen (secondary N) is 1. The summed E-state index contributed by atoms with van der Waals surface area (Å²) in [5.74, 6) is 0. The molecule has 0 saturated carbocycles. The fraction of sp³-hybridized carbons (Fsp3) is 0.600. The molecule has 0 spiro atoms. The summed E-state index contributed by atoms with van der Waals surface area (Å²) in [4.78, 5) is 15.5. The third-order valence-corrected chi connectivity index (χ3v) is 3.25. The second kappa shape index (κ2) is 6.74. The normalized spacial score (nSPS) is 15.0. The van der Waals surface area contributed by atoms with Crippen molar-refractivity contribution in [3.63, 3.8) is 0 Å². The minimum Gasteiger partial charge on any atom is -0.444 e. The summed E-state index contributed by atoms with van der Waals surface area (Å²) in [7, 11) is 0. The molecule has 1 atom stereocenters. The van der Waals surface area contributed by atoms with Crippen molar-refractivity contribution in [1.82, 2.24) is 10.3 Å². The summed E-state index contributed by atoms with van der Waals surface area (Å²) in [6.45, 7) is 6.41. The number of alkyl carbamates (subject to hydrolysis) is 1. The molecule has 0 aliphatic heterocycles. The summed E-state index contributed by atoms with van der Waals surface area (Å²) in [5, 5.41) is 2.47. The minimum absolute atomic E-state index is 0.0638. The highest BCUT2D eigenvalue weighted by atomic mass is 19.4. The molecule has 0 aliphatic rings. The molecule has 1 amide bonds. The van der Waals surface area contributed by atoms with Crippen molar-refractivity contribution in [2.24, 2.45) is 5.73 Å². The van der Waals surface area contributed by atoms with Crippen molar-refractivity contribution >= 4 is 6.09 Å². The SMILES string of the molecule is CC(C)(C)OC(=O)NCC(C)(CN)c1cnccc1C(F)(F)F. The molecule has 130 valence electrons. The number of alkyl halides is 3. The van der Waals surface area contributed by atoms with Crippen LogP contribution in [-0.4, -0.2) is 29.8 Å². The van der Waals surface area contributed by atoms with E-state index < -0.39 is 28.8 Å². The van der Waals surface area contributed by atoms with E-state index >= 15 is 0 Å². The highest BCUT2D eigenvalue weighted by Gasteiger charge is 2.39. The lowest BCUT2D eigenvalue weighted by atomic mass is 9.80. The Labute approximate surface area is 133 Å². The van der Waals surface area contributed by atoms with Crippen LogP contribution in [0, 0.1) is 0 Å². The van der Waals surface area contributed by atoms with E-state index in [9.17, 15) is 18.0 Å². The highest BCUT2D eigenvalue weighted by molar-refractivity contribution is 5.67. The van der Waals surface area contributed by atoms with Gasteiger partial charge in [-0.3, -0.25) is 4.98 Å². The Morgan fingerprint density at radius 2 is 1.87 bits per heavy atom. The minimum atomic E-state index is -4.53. The van der Waals surface area contributed by atoms with E-state index in [-0.39, 0.29) is 18.7 Å². The first kappa shape index (κ1) is 19.2. The molecule has 1 aromatic heterocycles. The van der Waals surface area contributed by atoms with Crippen LogP contribution in [-0.2, 0) is 16.3 Å². The van der Waals surface area contributed by atoms with Crippen LogP contribution in [0.25, 0.3) is 0 Å². The molecule has 0 aliphatic carbocycles. The van der Waals surface area contributed by atoms with Gasteiger partial charge in [-0.1, -0.05) is 6.92 Å². The topological polar surface area (TPSA) is 77.2 Å². The van der Waals surface area contributed by atoms with Crippen LogP contribution >= 0.6 is 0 Å². The number of hydrogen-bond acceptors (Lipinski definition) is 4. The first-order valence-corrected chi connectivity index (χ1v) is 7.08. The predicted octanol–water partition coefficient (Wildman–Crippen LogP) is 2.84. The second-order valence-corrected chi connectivity index (χ2v) is 6.54. The van der Waals surface area contributed by atoms with Crippen LogP contribution < -0.4 is 11.1 Å². The van der Waals surface area contributed by atoms with Gasteiger partial charge in [-0.2, -0.15) is 13.2 Å². The molecular formula is C15H22F3N3O2. The lowest BCUT2D eigenvalue weighted by Gasteiger charge is -2.31. The number of aromatic nitrogens is 1. The maximum Gasteiger partial charge on any atom is 0.416 e. The van der Waals surface area contributed by atoms with Crippen molar-refractivity contribution in [1.29, 1.82) is 0 Å². The summed E-state index contributed by atoms with van der Waals surface area (Å²) >= 11 is 0. The molecule has 0 aromatic carbocycles. The number of ether oxygens (including phenoxy) is 1. The molecule has 1 heterocycles. The summed E-state index contributed by atoms with van der Waals surface area (Å²) in [5.41, 5.74) is 2.97. The van der Waals surface area contributed by atoms with E-state index in [4.69, 9.17) is 10.5 Å². The molecule has 0 bridgehead atoms. The van der Waals surface area contributed by atoms with Gasteiger partial charge in [0.1, 0.15) is 5.60 Å². The zero-order valence-electron chi connectivity index (χ0n) is 13.6. The molecule has 8 heteroatoms. The summed E-state index contributed by atoms with van der Waals surface area (Å²) in [6, 6.07) is 0.900. The van der Waals surface area contributed by atoms with Gasteiger partial charge >= 0.3 is 12.3 Å². The number of carbonyl (C=O) groups excluding carboxylic acids is 1. The van der Waals surface area contributed by atoms with Crippen LogP contribution in [0.5, 0.6) is 0 Å². The zero-order valence-corrected chi connectivity index (χ0v) is 13.6. The third-order valence-electron chi connectivity index (χ3n) is 3.25. The Bertz CT molecular complexity index is 556. The van der Waals surface area contributed by atoms with Gasteiger partial charge in [0, 0.05) is 30.9 Å². The number of pyridine rings is 1. The van der Waals surface area contributed by atoms with Crippen molar-refractivity contribution in [2.45, 2.75) is 44.9 Å². The van der Waals surface area contributed by atoms with Gasteiger partial charge in [-0.05, 0) is 32.4 Å². The fourth-order valence-corrected chi connectivity index (χ4v) is 1.98. The van der Waals surface area contributed by atoms with Crippen LogP contribution in [0.15, 0.2) is 18.5 Å². The average molecular weight is 333 g/mol. The van der Waals surface area contributed by atoms with Gasteiger partial charge < -0.3 is 15.8 Å². The maximum atomic E-state index is 13.2. The van der Waals surface area contributed by atoms with Gasteiger partial charge in [-0.15, -0.1) is 0 Å². The molecule has 0 radical (unpaired) electrons. The van der Waals surface area contributed by atoms with Crippen LogP contribution in [0.3, 0.4) is 0 Å². The zero-order chi connectivity index (χ0) is 17.9. The number of carbonyl (C=O) groups is 1. The van der Waals surface area contributed by atoms with E-state index in [2.05, 4.69) is 10.3 Å². The fourth-order valence-electron chi connectivity index (χ4n) is 1.98. The van der Waals surface area contributed by atoms with E-state index in [1.54, 1.807) is 20.8 Å². The maximum absolute atomic E-state index is 13.2. The summed E-state index contributed by atoms with van der Waals surface area (Å²) in [6.07, 6.45) is -3.04. The predicted molar refractivity (Wildman–Crippen MR) is 79.9 cm³/mol. The second-order valence-electron chi connectivity index (χ2n) is 6.54. The largest absolute Gasteiger partial charge is 0.444 e. The molecule has 23 heavy (non-hydrogen) atoms. The van der Waals surface area contributed by atoms with Gasteiger partial charge in [-0.25, -0.2) is 4.79 Å². The first-order chi connectivity index (χ1) is 10.4. The third kappa shape index (κ3) is 5.38. The molecule has 0 fully saturated rings. The molecule has 1 unspecified atom stereocenters. The smallest absolute Gasteiger partial charge is 0.416 e. The van der Waals surface area contributed by atoms with E-state index in [0.717, 1.165) is 18.5 Å². The van der Waals surface area contributed by atoms with Crippen molar-refractivity contribution in [3.05, 3.63) is 29.6 Å². The molecular weight excluding hydrogens is 311 g/mol. The van der Waals surface area contributed by atoms with Gasteiger partial charge in [0.25, 0.3) is 0 Å². The molecule has 0 saturated heterocycles. The van der Waals surface area contributed by atoms with Gasteiger partial charge in [0.05, 0.1) is 5.56 Å². The Morgan fingerprint density at radius 1 is 1.26 bits per heavy atom. The van der Waals surface area contributed by atoms with Crippen molar-refractivity contribution < 1.29 is 22.7 Å². The van der Waals surface area contributed by atoms with Gasteiger partial charge in [0.2, 0.25) is 0 Å². The van der Waals surface area contributed by atoms with Crippen LogP contribution in [0.2, 0.25) is 0 Å². The van der Waals surface area contributed by atoms with Crippen molar-refractivity contribution in [2.75, 3.05) is 13.1 Å². The molecule has 1 aromatic rings. The monoisotopic (exact) mass is 333 g/mol. The number of hydrogen-bond donors (Lipinski definition) is 2. The quantitative estimate of drug-likeness (QED) is 0.888. The van der Waals surface area contributed by atoms with E-state index in [1.165, 1.54) is 6.92 Å². The molecule has 1 rings (SSSR count). The number of halogens is 3. The van der Waals surface area contributed by atoms with Gasteiger partial charge in [0.15, 0.2) is 0 Å².